The van der Waals surface area contributed by atoms with Gasteiger partial charge in [0, 0.05) is 14.2 Å². The summed E-state index contributed by atoms with van der Waals surface area (Å²) in [5.41, 5.74) is 2.35. The summed E-state index contributed by atoms with van der Waals surface area (Å²) in [5, 5.41) is 0. The molecule has 1 aromatic carbocycles. The molecule has 2 nitrogen and oxygen atoms in total. The lowest BCUT2D eigenvalue weighted by molar-refractivity contribution is -0.120. The van der Waals surface area contributed by atoms with Crippen LogP contribution in [0.4, 0.5) is 0 Å². The van der Waals surface area contributed by atoms with E-state index in [1.807, 2.05) is 0 Å². The van der Waals surface area contributed by atoms with Crippen LogP contribution in [-0.4, -0.2) is 20.3 Å². The molecule has 2 heteroatoms. The van der Waals surface area contributed by atoms with Gasteiger partial charge in [-0.2, -0.15) is 0 Å². The van der Waals surface area contributed by atoms with Crippen LogP contribution in [0.25, 0.3) is 0 Å². The Morgan fingerprint density at radius 1 is 1.27 bits per heavy atom. The maximum Gasteiger partial charge on any atom is 0.116 e. The SMILES string of the molecule is COC1CCc2ccccc2C1(C)OC. The van der Waals surface area contributed by atoms with E-state index in [1.54, 1.807) is 14.2 Å². The van der Waals surface area contributed by atoms with Crippen LogP contribution in [0.3, 0.4) is 0 Å². The molecule has 0 bridgehead atoms. The van der Waals surface area contributed by atoms with Gasteiger partial charge in [0.1, 0.15) is 5.60 Å². The molecule has 2 atom stereocenters. The second kappa shape index (κ2) is 3.95. The molecule has 2 unspecified atom stereocenters. The smallest absolute Gasteiger partial charge is 0.116 e. The lowest BCUT2D eigenvalue weighted by Crippen LogP contribution is -2.43. The molecule has 1 aliphatic rings. The van der Waals surface area contributed by atoms with E-state index in [4.69, 9.17) is 9.47 Å². The van der Waals surface area contributed by atoms with Crippen LogP contribution in [-0.2, 0) is 21.5 Å². The van der Waals surface area contributed by atoms with Gasteiger partial charge in [-0.05, 0) is 30.9 Å². The first kappa shape index (κ1) is 10.7. The first-order valence-corrected chi connectivity index (χ1v) is 5.38. The predicted molar refractivity (Wildman–Crippen MR) is 59.9 cm³/mol. The van der Waals surface area contributed by atoms with E-state index >= 15 is 0 Å². The van der Waals surface area contributed by atoms with Crippen LogP contribution in [0, 0.1) is 0 Å². The molecule has 1 aliphatic carbocycles. The summed E-state index contributed by atoms with van der Waals surface area (Å²) in [6.45, 7) is 2.11. The number of aryl methyl sites for hydroxylation is 1. The Morgan fingerprint density at radius 3 is 2.67 bits per heavy atom. The fourth-order valence-corrected chi connectivity index (χ4v) is 2.54. The molecule has 0 amide bonds. The average molecular weight is 206 g/mol. The standard InChI is InChI=1S/C13H18O2/c1-13(15-3)11-7-5-4-6-10(11)8-9-12(13)14-2/h4-7,12H,8-9H2,1-3H3. The molecule has 0 aliphatic heterocycles. The Balaban J connectivity index is 2.48. The predicted octanol–water partition coefficient (Wildman–Crippen LogP) is 2.51. The normalized spacial score (nSPS) is 29.9. The summed E-state index contributed by atoms with van der Waals surface area (Å²) >= 11 is 0. The van der Waals surface area contributed by atoms with Gasteiger partial charge in [0.05, 0.1) is 6.10 Å². The van der Waals surface area contributed by atoms with Crippen molar-refractivity contribution in [3.8, 4) is 0 Å². The van der Waals surface area contributed by atoms with Gasteiger partial charge in [-0.25, -0.2) is 0 Å². The number of hydrogen-bond donors (Lipinski definition) is 0. The highest BCUT2D eigenvalue weighted by atomic mass is 16.5. The number of ether oxygens (including phenoxy) is 2. The van der Waals surface area contributed by atoms with E-state index < -0.39 is 0 Å². The van der Waals surface area contributed by atoms with Crippen LogP contribution in [0.2, 0.25) is 0 Å². The highest BCUT2D eigenvalue weighted by molar-refractivity contribution is 5.35. The first-order valence-electron chi connectivity index (χ1n) is 5.38. The zero-order valence-corrected chi connectivity index (χ0v) is 9.62. The molecule has 0 heterocycles. The molecule has 0 aromatic heterocycles. The van der Waals surface area contributed by atoms with Crippen molar-refractivity contribution < 1.29 is 9.47 Å². The van der Waals surface area contributed by atoms with E-state index in [0.717, 1.165) is 12.8 Å². The Morgan fingerprint density at radius 2 is 2.00 bits per heavy atom. The highest BCUT2D eigenvalue weighted by Gasteiger charge is 2.40. The van der Waals surface area contributed by atoms with Gasteiger partial charge in [0.15, 0.2) is 0 Å². The van der Waals surface area contributed by atoms with Crippen LogP contribution in [0.1, 0.15) is 24.5 Å². The molecule has 0 N–H and O–H groups in total. The van der Waals surface area contributed by atoms with Crippen molar-refractivity contribution in [2.45, 2.75) is 31.5 Å². The maximum atomic E-state index is 5.68. The van der Waals surface area contributed by atoms with Crippen molar-refractivity contribution in [3.63, 3.8) is 0 Å². The van der Waals surface area contributed by atoms with Crippen molar-refractivity contribution in [1.82, 2.24) is 0 Å². The van der Waals surface area contributed by atoms with Crippen LogP contribution in [0.5, 0.6) is 0 Å². The minimum absolute atomic E-state index is 0.150. The van der Waals surface area contributed by atoms with Crippen LogP contribution in [0.15, 0.2) is 24.3 Å². The third kappa shape index (κ3) is 1.58. The molecule has 2 rings (SSSR count). The summed E-state index contributed by atoms with van der Waals surface area (Å²) in [5.74, 6) is 0. The monoisotopic (exact) mass is 206 g/mol. The number of hydrogen-bond acceptors (Lipinski definition) is 2. The number of methoxy groups -OCH3 is 2. The van der Waals surface area contributed by atoms with Gasteiger partial charge in [-0.15, -0.1) is 0 Å². The number of rotatable bonds is 2. The second-order valence-corrected chi connectivity index (χ2v) is 4.23. The Bertz CT molecular complexity index is 348. The van der Waals surface area contributed by atoms with Gasteiger partial charge in [0.25, 0.3) is 0 Å². The molecule has 0 saturated carbocycles. The van der Waals surface area contributed by atoms with Gasteiger partial charge in [-0.3, -0.25) is 0 Å². The Hall–Kier alpha value is -0.860. The van der Waals surface area contributed by atoms with Crippen molar-refractivity contribution in [3.05, 3.63) is 35.4 Å². The van der Waals surface area contributed by atoms with Gasteiger partial charge >= 0.3 is 0 Å². The average Bonchev–Trinajstić information content (AvgIpc) is 2.30. The van der Waals surface area contributed by atoms with E-state index in [0.29, 0.717) is 0 Å². The van der Waals surface area contributed by atoms with Gasteiger partial charge in [-0.1, -0.05) is 24.3 Å². The van der Waals surface area contributed by atoms with E-state index in [1.165, 1.54) is 11.1 Å². The molecule has 0 spiro atoms. The molecule has 15 heavy (non-hydrogen) atoms. The molecular formula is C13H18O2. The lowest BCUT2D eigenvalue weighted by Gasteiger charge is -2.40. The molecule has 82 valence electrons. The number of fused-ring (bicyclic) bond motifs is 1. The molecule has 0 fully saturated rings. The summed E-state index contributed by atoms with van der Waals surface area (Å²) < 4.78 is 11.2. The molecular weight excluding hydrogens is 188 g/mol. The van der Waals surface area contributed by atoms with Crippen molar-refractivity contribution in [2.75, 3.05) is 14.2 Å². The van der Waals surface area contributed by atoms with Gasteiger partial charge < -0.3 is 9.47 Å². The summed E-state index contributed by atoms with van der Waals surface area (Å²) in [7, 11) is 3.52. The van der Waals surface area contributed by atoms with E-state index in [9.17, 15) is 0 Å². The molecule has 0 saturated heterocycles. The summed E-state index contributed by atoms with van der Waals surface area (Å²) in [6, 6.07) is 8.47. The van der Waals surface area contributed by atoms with Crippen molar-refractivity contribution >= 4 is 0 Å². The fourth-order valence-electron chi connectivity index (χ4n) is 2.54. The zero-order chi connectivity index (χ0) is 10.9. The minimum atomic E-state index is -0.302. The van der Waals surface area contributed by atoms with E-state index in [-0.39, 0.29) is 11.7 Å². The van der Waals surface area contributed by atoms with Gasteiger partial charge in [0.2, 0.25) is 0 Å². The highest BCUT2D eigenvalue weighted by Crippen LogP contribution is 2.39. The van der Waals surface area contributed by atoms with Crippen molar-refractivity contribution in [2.24, 2.45) is 0 Å². The van der Waals surface area contributed by atoms with Crippen LogP contribution < -0.4 is 0 Å². The lowest BCUT2D eigenvalue weighted by atomic mass is 9.78. The second-order valence-electron chi connectivity index (χ2n) is 4.23. The third-order valence-corrected chi connectivity index (χ3v) is 3.55. The van der Waals surface area contributed by atoms with Crippen molar-refractivity contribution in [1.29, 1.82) is 0 Å². The summed E-state index contributed by atoms with van der Waals surface area (Å²) in [6.07, 6.45) is 2.25. The third-order valence-electron chi connectivity index (χ3n) is 3.55. The number of benzene rings is 1. The zero-order valence-electron chi connectivity index (χ0n) is 9.62. The fraction of sp³-hybridized carbons (Fsp3) is 0.538. The minimum Gasteiger partial charge on any atom is -0.378 e. The Kier molecular flexibility index (Phi) is 2.81. The molecule has 1 aromatic rings. The molecule has 0 radical (unpaired) electrons. The van der Waals surface area contributed by atoms with E-state index in [2.05, 4.69) is 31.2 Å². The topological polar surface area (TPSA) is 18.5 Å². The largest absolute Gasteiger partial charge is 0.378 e. The van der Waals surface area contributed by atoms with Crippen LogP contribution >= 0.6 is 0 Å². The first-order chi connectivity index (χ1) is 7.22. The maximum absolute atomic E-state index is 5.68. The Labute approximate surface area is 91.2 Å². The summed E-state index contributed by atoms with van der Waals surface area (Å²) in [4.78, 5) is 0. The quantitative estimate of drug-likeness (QED) is 0.740.